The number of halogens is 1. The molecular formula is C15H17ClN4O. The molecule has 0 radical (unpaired) electrons. The van der Waals surface area contributed by atoms with E-state index in [-0.39, 0.29) is 6.61 Å². The van der Waals surface area contributed by atoms with Crippen molar-refractivity contribution in [3.8, 4) is 0 Å². The van der Waals surface area contributed by atoms with Gasteiger partial charge in [-0.1, -0.05) is 17.7 Å². The van der Waals surface area contributed by atoms with Crippen LogP contribution in [-0.4, -0.2) is 28.2 Å². The van der Waals surface area contributed by atoms with Crippen molar-refractivity contribution in [2.24, 2.45) is 0 Å². The average Bonchev–Trinajstić information content (AvgIpc) is 3.29. The lowest BCUT2D eigenvalue weighted by molar-refractivity contribution is 0.311. The minimum Gasteiger partial charge on any atom is -0.395 e. The molecule has 0 spiro atoms. The zero-order chi connectivity index (χ0) is 14.7. The van der Waals surface area contributed by atoms with Gasteiger partial charge in [-0.15, -0.1) is 0 Å². The van der Waals surface area contributed by atoms with Crippen molar-refractivity contribution in [1.29, 1.82) is 0 Å². The van der Waals surface area contributed by atoms with Gasteiger partial charge in [0.1, 0.15) is 5.82 Å². The molecule has 1 fully saturated rings. The third-order valence-electron chi connectivity index (χ3n) is 3.23. The summed E-state index contributed by atoms with van der Waals surface area (Å²) in [6.07, 6.45) is 2.35. The molecule has 3 N–H and O–H groups in total. The number of aromatic nitrogens is 2. The molecule has 0 aliphatic heterocycles. The molecule has 1 heterocycles. The largest absolute Gasteiger partial charge is 0.395 e. The molecule has 0 bridgehead atoms. The quantitative estimate of drug-likeness (QED) is 0.765. The van der Waals surface area contributed by atoms with Crippen LogP contribution in [0.5, 0.6) is 0 Å². The predicted molar refractivity (Wildman–Crippen MR) is 84.3 cm³/mol. The van der Waals surface area contributed by atoms with E-state index in [1.54, 1.807) is 0 Å². The van der Waals surface area contributed by atoms with Gasteiger partial charge < -0.3 is 15.7 Å². The zero-order valence-corrected chi connectivity index (χ0v) is 12.3. The smallest absolute Gasteiger partial charge is 0.224 e. The van der Waals surface area contributed by atoms with E-state index in [4.69, 9.17) is 16.7 Å². The summed E-state index contributed by atoms with van der Waals surface area (Å²) in [4.78, 5) is 8.91. The van der Waals surface area contributed by atoms with Crippen molar-refractivity contribution in [1.82, 2.24) is 9.97 Å². The van der Waals surface area contributed by atoms with Crippen LogP contribution in [0.1, 0.15) is 24.5 Å². The Kier molecular flexibility index (Phi) is 4.22. The van der Waals surface area contributed by atoms with Gasteiger partial charge >= 0.3 is 0 Å². The molecule has 1 saturated carbocycles. The summed E-state index contributed by atoms with van der Waals surface area (Å²) in [6.45, 7) is 0.485. The molecule has 1 aromatic carbocycles. The average molecular weight is 305 g/mol. The van der Waals surface area contributed by atoms with Gasteiger partial charge in [0.05, 0.1) is 12.3 Å². The Balaban J connectivity index is 1.84. The van der Waals surface area contributed by atoms with E-state index >= 15 is 0 Å². The van der Waals surface area contributed by atoms with Gasteiger partial charge in [-0.05, 0) is 31.0 Å². The van der Waals surface area contributed by atoms with E-state index in [9.17, 15) is 0 Å². The monoisotopic (exact) mass is 304 g/mol. The second-order valence-electron chi connectivity index (χ2n) is 5.06. The van der Waals surface area contributed by atoms with E-state index in [1.165, 1.54) is 12.8 Å². The van der Waals surface area contributed by atoms with Crippen molar-refractivity contribution in [3.05, 3.63) is 41.0 Å². The van der Waals surface area contributed by atoms with Gasteiger partial charge in [0.15, 0.2) is 0 Å². The summed E-state index contributed by atoms with van der Waals surface area (Å²) in [5, 5.41) is 15.8. The molecule has 6 heteroatoms. The van der Waals surface area contributed by atoms with Crippen LogP contribution in [0.4, 0.5) is 17.5 Å². The SMILES string of the molecule is OCCNc1nc(Nc2cccc(Cl)c2)cc(C2CC2)n1. The highest BCUT2D eigenvalue weighted by atomic mass is 35.5. The molecule has 5 nitrogen and oxygen atoms in total. The lowest BCUT2D eigenvalue weighted by Gasteiger charge is -2.10. The molecular weight excluding hydrogens is 288 g/mol. The van der Waals surface area contributed by atoms with E-state index in [1.807, 2.05) is 30.3 Å². The topological polar surface area (TPSA) is 70.1 Å². The maximum absolute atomic E-state index is 8.91. The fourth-order valence-corrected chi connectivity index (χ4v) is 2.27. The summed E-state index contributed by atoms with van der Waals surface area (Å²) < 4.78 is 0. The number of aliphatic hydroxyl groups is 1. The molecule has 1 aliphatic carbocycles. The standard InChI is InChI=1S/C15H17ClN4O/c16-11-2-1-3-12(8-11)18-14-9-13(10-4-5-10)19-15(20-14)17-6-7-21/h1-3,8-10,21H,4-7H2,(H2,17,18,19,20). The fraction of sp³-hybridized carbons (Fsp3) is 0.333. The van der Waals surface area contributed by atoms with Gasteiger partial charge in [-0.2, -0.15) is 4.98 Å². The molecule has 0 amide bonds. The first-order valence-corrected chi connectivity index (χ1v) is 7.39. The maximum atomic E-state index is 8.91. The second-order valence-corrected chi connectivity index (χ2v) is 5.50. The molecule has 21 heavy (non-hydrogen) atoms. The number of nitrogens with zero attached hydrogens (tertiary/aromatic N) is 2. The number of rotatable bonds is 6. The molecule has 110 valence electrons. The predicted octanol–water partition coefficient (Wildman–Crippen LogP) is 3.16. The van der Waals surface area contributed by atoms with Crippen LogP contribution in [0.3, 0.4) is 0 Å². The van der Waals surface area contributed by atoms with Crippen molar-refractivity contribution in [3.63, 3.8) is 0 Å². The highest BCUT2D eigenvalue weighted by Crippen LogP contribution is 2.40. The number of hydrogen-bond donors (Lipinski definition) is 3. The molecule has 0 unspecified atom stereocenters. The highest BCUT2D eigenvalue weighted by Gasteiger charge is 2.26. The summed E-state index contributed by atoms with van der Waals surface area (Å²) in [5.41, 5.74) is 1.92. The number of aliphatic hydroxyl groups excluding tert-OH is 1. The summed E-state index contributed by atoms with van der Waals surface area (Å²) in [7, 11) is 0. The summed E-state index contributed by atoms with van der Waals surface area (Å²) in [5.74, 6) is 1.80. The third kappa shape index (κ3) is 3.83. The first-order chi connectivity index (χ1) is 10.2. The van der Waals surface area contributed by atoms with E-state index < -0.39 is 0 Å². The zero-order valence-electron chi connectivity index (χ0n) is 11.5. The Hall–Kier alpha value is -1.85. The first kappa shape index (κ1) is 14.1. The number of benzene rings is 1. The van der Waals surface area contributed by atoms with E-state index in [0.29, 0.717) is 23.4 Å². The van der Waals surface area contributed by atoms with Crippen molar-refractivity contribution < 1.29 is 5.11 Å². The van der Waals surface area contributed by atoms with Crippen LogP contribution in [0.25, 0.3) is 0 Å². The minimum absolute atomic E-state index is 0.0497. The van der Waals surface area contributed by atoms with Gasteiger partial charge in [-0.3, -0.25) is 0 Å². The lowest BCUT2D eigenvalue weighted by atomic mass is 10.2. The second kappa shape index (κ2) is 6.28. The lowest BCUT2D eigenvalue weighted by Crippen LogP contribution is -2.10. The van der Waals surface area contributed by atoms with Crippen LogP contribution >= 0.6 is 11.6 Å². The van der Waals surface area contributed by atoms with Crippen LogP contribution in [0, 0.1) is 0 Å². The Labute approximate surface area is 128 Å². The summed E-state index contributed by atoms with van der Waals surface area (Å²) in [6, 6.07) is 9.48. The van der Waals surface area contributed by atoms with Crippen LogP contribution in [0.15, 0.2) is 30.3 Å². The van der Waals surface area contributed by atoms with Crippen molar-refractivity contribution in [2.45, 2.75) is 18.8 Å². The minimum atomic E-state index is 0.0497. The van der Waals surface area contributed by atoms with Crippen LogP contribution in [-0.2, 0) is 0 Å². The third-order valence-corrected chi connectivity index (χ3v) is 3.47. The number of anilines is 3. The number of nitrogens with one attached hydrogen (secondary N) is 2. The molecule has 3 rings (SSSR count). The van der Waals surface area contributed by atoms with Crippen LogP contribution in [0.2, 0.25) is 5.02 Å². The fourth-order valence-electron chi connectivity index (χ4n) is 2.08. The van der Waals surface area contributed by atoms with Gasteiger partial charge in [-0.25, -0.2) is 4.98 Å². The molecule has 2 aromatic rings. The first-order valence-electron chi connectivity index (χ1n) is 7.01. The number of hydrogen-bond acceptors (Lipinski definition) is 5. The maximum Gasteiger partial charge on any atom is 0.224 e. The van der Waals surface area contributed by atoms with Crippen molar-refractivity contribution >= 4 is 29.1 Å². The van der Waals surface area contributed by atoms with E-state index in [0.717, 1.165) is 17.2 Å². The van der Waals surface area contributed by atoms with Gasteiger partial charge in [0.2, 0.25) is 5.95 Å². The van der Waals surface area contributed by atoms with Crippen molar-refractivity contribution in [2.75, 3.05) is 23.8 Å². The summed E-state index contributed by atoms with van der Waals surface area (Å²) >= 11 is 5.99. The Morgan fingerprint density at radius 2 is 2.10 bits per heavy atom. The molecule has 1 aromatic heterocycles. The Bertz CT molecular complexity index is 631. The molecule has 1 aliphatic rings. The van der Waals surface area contributed by atoms with Crippen LogP contribution < -0.4 is 10.6 Å². The molecule has 0 saturated heterocycles. The Morgan fingerprint density at radius 3 is 2.81 bits per heavy atom. The molecule has 0 atom stereocenters. The highest BCUT2D eigenvalue weighted by molar-refractivity contribution is 6.30. The normalized spacial score (nSPS) is 14.0. The van der Waals surface area contributed by atoms with Gasteiger partial charge in [0, 0.05) is 29.2 Å². The Morgan fingerprint density at radius 1 is 1.24 bits per heavy atom. The van der Waals surface area contributed by atoms with E-state index in [2.05, 4.69) is 20.6 Å². The van der Waals surface area contributed by atoms with Gasteiger partial charge in [0.25, 0.3) is 0 Å².